The van der Waals surface area contributed by atoms with Crippen LogP contribution in [0.4, 0.5) is 13.2 Å². The number of nitrogens with zero attached hydrogens (tertiary/aromatic N) is 1. The van der Waals surface area contributed by atoms with Crippen molar-refractivity contribution in [2.45, 2.75) is 13.1 Å². The second-order valence-electron chi connectivity index (χ2n) is 4.45. The Balaban J connectivity index is 2.80. The zero-order chi connectivity index (χ0) is 16.0. The molecule has 0 spiro atoms. The molecule has 0 bridgehead atoms. The van der Waals surface area contributed by atoms with E-state index in [0.29, 0.717) is 5.56 Å². The van der Waals surface area contributed by atoms with Crippen LogP contribution in [-0.4, -0.2) is 41.1 Å². The average Bonchev–Trinajstić information content (AvgIpc) is 2.34. The molecule has 1 aromatic carbocycles. The Bertz CT molecular complexity index is 535. The molecular formula is C14H14F3NO3. The van der Waals surface area contributed by atoms with E-state index < -0.39 is 31.1 Å². The number of carbonyl (C=O) groups excluding carboxylic acids is 1. The third-order valence-corrected chi connectivity index (χ3v) is 2.50. The highest BCUT2D eigenvalue weighted by molar-refractivity contribution is 5.93. The highest BCUT2D eigenvalue weighted by Gasteiger charge is 2.33. The van der Waals surface area contributed by atoms with Gasteiger partial charge >= 0.3 is 12.1 Å². The van der Waals surface area contributed by atoms with Gasteiger partial charge in [-0.1, -0.05) is 29.8 Å². The summed E-state index contributed by atoms with van der Waals surface area (Å²) in [5.41, 5.74) is 1.64. The summed E-state index contributed by atoms with van der Waals surface area (Å²) in [5.74, 6) is -2.51. The first-order valence-corrected chi connectivity index (χ1v) is 5.99. The van der Waals surface area contributed by atoms with E-state index in [4.69, 9.17) is 5.11 Å². The number of hydrogen-bond acceptors (Lipinski definition) is 2. The lowest BCUT2D eigenvalue weighted by Gasteiger charge is -2.20. The lowest BCUT2D eigenvalue weighted by Crippen LogP contribution is -2.41. The molecule has 0 aliphatic rings. The fourth-order valence-electron chi connectivity index (χ4n) is 1.54. The number of carboxylic acids is 1. The molecule has 1 N–H and O–H groups in total. The Morgan fingerprint density at radius 2 is 1.81 bits per heavy atom. The van der Waals surface area contributed by atoms with Crippen LogP contribution in [-0.2, 0) is 9.59 Å². The summed E-state index contributed by atoms with van der Waals surface area (Å²) < 4.78 is 36.9. The Labute approximate surface area is 119 Å². The Hall–Kier alpha value is -2.31. The first kappa shape index (κ1) is 16.7. The van der Waals surface area contributed by atoms with E-state index in [1.165, 1.54) is 6.08 Å². The van der Waals surface area contributed by atoms with Crippen LogP contribution in [0, 0.1) is 6.92 Å². The normalized spacial score (nSPS) is 11.6. The fraction of sp³-hybridized carbons (Fsp3) is 0.286. The molecule has 1 amide bonds. The molecule has 0 unspecified atom stereocenters. The predicted molar refractivity (Wildman–Crippen MR) is 70.5 cm³/mol. The molecule has 0 atom stereocenters. The Kier molecular flexibility index (Phi) is 5.52. The van der Waals surface area contributed by atoms with Gasteiger partial charge in [0.05, 0.1) is 0 Å². The van der Waals surface area contributed by atoms with Gasteiger partial charge in [0.15, 0.2) is 0 Å². The van der Waals surface area contributed by atoms with E-state index in [-0.39, 0.29) is 4.90 Å². The van der Waals surface area contributed by atoms with Gasteiger partial charge in [0.1, 0.15) is 13.1 Å². The maximum absolute atomic E-state index is 12.3. The zero-order valence-electron chi connectivity index (χ0n) is 11.2. The molecule has 0 heterocycles. The van der Waals surface area contributed by atoms with Crippen LogP contribution in [0.3, 0.4) is 0 Å². The van der Waals surface area contributed by atoms with Crippen molar-refractivity contribution in [2.24, 2.45) is 0 Å². The molecule has 21 heavy (non-hydrogen) atoms. The van der Waals surface area contributed by atoms with Gasteiger partial charge in [-0.05, 0) is 18.6 Å². The Morgan fingerprint density at radius 1 is 1.24 bits per heavy atom. The van der Waals surface area contributed by atoms with Crippen molar-refractivity contribution in [1.82, 2.24) is 4.90 Å². The zero-order valence-corrected chi connectivity index (χ0v) is 11.2. The average molecular weight is 301 g/mol. The maximum Gasteiger partial charge on any atom is 0.406 e. The predicted octanol–water partition coefficient (Wildman–Crippen LogP) is 2.48. The molecule has 0 saturated heterocycles. The number of amides is 1. The van der Waals surface area contributed by atoms with Gasteiger partial charge in [-0.15, -0.1) is 0 Å². The van der Waals surface area contributed by atoms with E-state index >= 15 is 0 Å². The van der Waals surface area contributed by atoms with Crippen LogP contribution in [0.25, 0.3) is 6.08 Å². The van der Waals surface area contributed by atoms with Gasteiger partial charge in [-0.3, -0.25) is 9.59 Å². The van der Waals surface area contributed by atoms with Gasteiger partial charge in [-0.25, -0.2) is 0 Å². The Morgan fingerprint density at radius 3 is 2.29 bits per heavy atom. The van der Waals surface area contributed by atoms with Crippen LogP contribution in [0.5, 0.6) is 0 Å². The van der Waals surface area contributed by atoms with Crippen molar-refractivity contribution in [2.75, 3.05) is 13.1 Å². The maximum atomic E-state index is 12.3. The third kappa shape index (κ3) is 6.60. The van der Waals surface area contributed by atoms with Crippen LogP contribution in [0.1, 0.15) is 11.1 Å². The first-order valence-electron chi connectivity index (χ1n) is 5.99. The summed E-state index contributed by atoms with van der Waals surface area (Å²) in [6.45, 7) is -0.733. The van der Waals surface area contributed by atoms with E-state index in [1.807, 2.05) is 6.92 Å². The van der Waals surface area contributed by atoms with Crippen LogP contribution >= 0.6 is 0 Å². The molecule has 0 aromatic heterocycles. The first-order chi connectivity index (χ1) is 9.67. The topological polar surface area (TPSA) is 57.6 Å². The van der Waals surface area contributed by atoms with E-state index in [2.05, 4.69) is 0 Å². The minimum Gasteiger partial charge on any atom is -0.480 e. The van der Waals surface area contributed by atoms with Crippen molar-refractivity contribution in [3.8, 4) is 0 Å². The highest BCUT2D eigenvalue weighted by Crippen LogP contribution is 2.17. The lowest BCUT2D eigenvalue weighted by molar-refractivity contribution is -0.163. The molecule has 1 aromatic rings. The van der Waals surface area contributed by atoms with E-state index in [0.717, 1.165) is 11.6 Å². The number of benzene rings is 1. The summed E-state index contributed by atoms with van der Waals surface area (Å²) >= 11 is 0. The number of carbonyl (C=O) groups is 2. The summed E-state index contributed by atoms with van der Waals surface area (Å²) in [6, 6.07) is 6.97. The molecular weight excluding hydrogens is 287 g/mol. The molecule has 114 valence electrons. The number of halogens is 3. The lowest BCUT2D eigenvalue weighted by atomic mass is 10.1. The van der Waals surface area contributed by atoms with Crippen molar-refractivity contribution < 1.29 is 27.9 Å². The number of aliphatic carboxylic acids is 1. The van der Waals surface area contributed by atoms with Crippen molar-refractivity contribution in [3.05, 3.63) is 41.5 Å². The molecule has 1 rings (SSSR count). The van der Waals surface area contributed by atoms with Crippen molar-refractivity contribution in [3.63, 3.8) is 0 Å². The highest BCUT2D eigenvalue weighted by atomic mass is 19.4. The molecule has 0 radical (unpaired) electrons. The van der Waals surface area contributed by atoms with Crippen LogP contribution in [0.2, 0.25) is 0 Å². The number of alkyl halides is 3. The fourth-order valence-corrected chi connectivity index (χ4v) is 1.54. The largest absolute Gasteiger partial charge is 0.480 e. The standard InChI is InChI=1S/C14H14F3NO3/c1-10-2-4-11(5-3-10)6-7-12(19)18(8-13(20)21)9-14(15,16)17/h2-7H,8-9H2,1H3,(H,20,21). The number of hydrogen-bond donors (Lipinski definition) is 1. The monoisotopic (exact) mass is 301 g/mol. The summed E-state index contributed by atoms with van der Waals surface area (Å²) in [4.78, 5) is 22.4. The molecule has 0 aliphatic carbocycles. The third-order valence-electron chi connectivity index (χ3n) is 2.50. The van der Waals surface area contributed by atoms with E-state index in [9.17, 15) is 22.8 Å². The molecule has 7 heteroatoms. The minimum absolute atomic E-state index is 0.229. The summed E-state index contributed by atoms with van der Waals surface area (Å²) in [5, 5.41) is 8.56. The van der Waals surface area contributed by atoms with Gasteiger partial charge in [0.25, 0.3) is 0 Å². The van der Waals surface area contributed by atoms with Crippen molar-refractivity contribution in [1.29, 1.82) is 0 Å². The second kappa shape index (κ2) is 6.92. The summed E-state index contributed by atoms with van der Waals surface area (Å²) in [6.07, 6.45) is -2.38. The number of rotatable bonds is 5. The van der Waals surface area contributed by atoms with Crippen LogP contribution in [0.15, 0.2) is 30.3 Å². The van der Waals surface area contributed by atoms with E-state index in [1.54, 1.807) is 24.3 Å². The quantitative estimate of drug-likeness (QED) is 0.850. The van der Waals surface area contributed by atoms with Crippen molar-refractivity contribution >= 4 is 18.0 Å². The molecule has 0 aliphatic heterocycles. The SMILES string of the molecule is Cc1ccc(C=CC(=O)N(CC(=O)O)CC(F)(F)F)cc1. The van der Waals surface area contributed by atoms with Gasteiger partial charge < -0.3 is 10.0 Å². The number of carboxylic acid groups (broad SMARTS) is 1. The summed E-state index contributed by atoms with van der Waals surface area (Å²) in [7, 11) is 0. The molecule has 4 nitrogen and oxygen atoms in total. The number of aryl methyl sites for hydroxylation is 1. The van der Waals surface area contributed by atoms with Gasteiger partial charge in [0.2, 0.25) is 5.91 Å². The molecule has 0 saturated carbocycles. The van der Waals surface area contributed by atoms with Gasteiger partial charge in [0, 0.05) is 6.08 Å². The molecule has 0 fully saturated rings. The van der Waals surface area contributed by atoms with Gasteiger partial charge in [-0.2, -0.15) is 13.2 Å². The van der Waals surface area contributed by atoms with Crippen LogP contribution < -0.4 is 0 Å². The smallest absolute Gasteiger partial charge is 0.406 e. The minimum atomic E-state index is -4.65. The second-order valence-corrected chi connectivity index (χ2v) is 4.45.